The van der Waals surface area contributed by atoms with E-state index in [0.717, 1.165) is 10.6 Å². The topological polar surface area (TPSA) is 192 Å². The molecule has 2 amide bonds. The predicted octanol–water partition coefficient (Wildman–Crippen LogP) is -0.253. The quantitative estimate of drug-likeness (QED) is 0.246. The van der Waals surface area contributed by atoms with Gasteiger partial charge in [-0.3, -0.25) is 30.6 Å². The van der Waals surface area contributed by atoms with Crippen LogP contribution in [0.25, 0.3) is 0 Å². The molecule has 3 saturated heterocycles. The predicted molar refractivity (Wildman–Crippen MR) is 142 cm³/mol. The van der Waals surface area contributed by atoms with E-state index in [0.29, 0.717) is 23.5 Å². The smallest absolute Gasteiger partial charge is 0.271 e. The molecule has 208 valence electrons. The van der Waals surface area contributed by atoms with Crippen molar-refractivity contribution in [2.24, 2.45) is 0 Å². The molecule has 0 saturated carbocycles. The first-order valence-electron chi connectivity index (χ1n) is 12.8. The van der Waals surface area contributed by atoms with Crippen LogP contribution in [0.5, 0.6) is 5.75 Å². The lowest BCUT2D eigenvalue weighted by atomic mass is 9.85. The van der Waals surface area contributed by atoms with Crippen LogP contribution in [0, 0.1) is 10.8 Å². The number of carbonyl (C=O) groups excluding carboxylic acids is 2. The fraction of sp³-hybridized carbons (Fsp3) is 0.385. The van der Waals surface area contributed by atoms with Gasteiger partial charge in [0.05, 0.1) is 36.5 Å². The fourth-order valence-corrected chi connectivity index (χ4v) is 6.05. The van der Waals surface area contributed by atoms with E-state index in [2.05, 4.69) is 51.7 Å². The van der Waals surface area contributed by atoms with Gasteiger partial charge in [-0.05, 0) is 11.6 Å². The summed E-state index contributed by atoms with van der Waals surface area (Å²) in [6.07, 6.45) is 4.21. The van der Waals surface area contributed by atoms with Crippen LogP contribution in [-0.2, 0) is 5.41 Å². The summed E-state index contributed by atoms with van der Waals surface area (Å²) in [4.78, 5) is 35.6. The molecule has 4 unspecified atom stereocenters. The van der Waals surface area contributed by atoms with Gasteiger partial charge in [-0.1, -0.05) is 32.6 Å². The molecule has 1 spiro atoms. The van der Waals surface area contributed by atoms with E-state index in [1.54, 1.807) is 11.0 Å². The molecular formula is C26H30N10O4. The highest BCUT2D eigenvalue weighted by Gasteiger charge is 2.67. The molecule has 0 bridgehead atoms. The monoisotopic (exact) mass is 546 g/mol. The van der Waals surface area contributed by atoms with Crippen LogP contribution in [0.2, 0.25) is 0 Å². The summed E-state index contributed by atoms with van der Waals surface area (Å²) in [5, 5.41) is 40.8. The molecule has 14 heteroatoms. The Bertz CT molecular complexity index is 1450. The first-order valence-corrected chi connectivity index (χ1v) is 12.8. The number of benzene rings is 1. The summed E-state index contributed by atoms with van der Waals surface area (Å²) < 4.78 is 5.89. The van der Waals surface area contributed by atoms with E-state index in [1.807, 2.05) is 12.1 Å². The van der Waals surface area contributed by atoms with Gasteiger partial charge < -0.3 is 30.9 Å². The molecule has 3 fully saturated rings. The molecular weight excluding hydrogens is 516 g/mol. The second-order valence-electron chi connectivity index (χ2n) is 10.9. The number of hydrogen-bond acceptors (Lipinski definition) is 8. The zero-order chi connectivity index (χ0) is 28.4. The Morgan fingerprint density at radius 3 is 2.77 bits per heavy atom. The SMILES string of the molecule is C=C1C(NC(=O)c2cccc3c2OCC3(C)C)CN2C(=N)NC(CNC(=O)c3cnccn3)C3NC(=N)N(O)C132. The number of guanidine groups is 2. The van der Waals surface area contributed by atoms with Crippen molar-refractivity contribution in [1.29, 1.82) is 10.8 Å². The molecule has 40 heavy (non-hydrogen) atoms. The van der Waals surface area contributed by atoms with Crippen molar-refractivity contribution in [2.45, 2.75) is 43.1 Å². The minimum Gasteiger partial charge on any atom is -0.492 e. The summed E-state index contributed by atoms with van der Waals surface area (Å²) in [5.41, 5.74) is 0.207. The molecule has 4 aliphatic rings. The van der Waals surface area contributed by atoms with Crippen molar-refractivity contribution in [3.8, 4) is 5.75 Å². The molecule has 14 nitrogen and oxygen atoms in total. The van der Waals surface area contributed by atoms with E-state index in [-0.39, 0.29) is 42.0 Å². The Kier molecular flexibility index (Phi) is 5.69. The average molecular weight is 547 g/mol. The van der Waals surface area contributed by atoms with E-state index in [1.165, 1.54) is 18.6 Å². The second kappa shape index (κ2) is 8.91. The van der Waals surface area contributed by atoms with E-state index in [4.69, 9.17) is 15.6 Å². The van der Waals surface area contributed by atoms with Gasteiger partial charge >= 0.3 is 0 Å². The highest BCUT2D eigenvalue weighted by molar-refractivity contribution is 5.98. The molecule has 0 radical (unpaired) electrons. The normalized spacial score (nSPS) is 27.7. The lowest BCUT2D eigenvalue weighted by Crippen LogP contribution is -2.75. The Hall–Kier alpha value is -4.72. The van der Waals surface area contributed by atoms with Crippen molar-refractivity contribution in [3.63, 3.8) is 0 Å². The molecule has 4 atom stereocenters. The standard InChI is InChI=1S/C26H30N10O4/c1-13-18(32-21(37)14-5-4-6-15-19(14)40-12-25(15,2)3)11-35-23(27)33-16(20-26(13,35)36(39)24(28)34-20)10-31-22(38)17-9-29-7-8-30-17/h4-9,16,18,20,39H,1,10-12H2,2-3H3,(H2,27,33)(H2,28,34)(H,31,38)(H,32,37). The number of hydroxylamine groups is 2. The third-order valence-corrected chi connectivity index (χ3v) is 8.07. The Morgan fingerprint density at radius 1 is 1.23 bits per heavy atom. The van der Waals surface area contributed by atoms with Crippen molar-refractivity contribution < 1.29 is 19.5 Å². The van der Waals surface area contributed by atoms with Crippen LogP contribution in [0.3, 0.4) is 0 Å². The molecule has 4 aliphatic heterocycles. The third kappa shape index (κ3) is 3.59. The first-order chi connectivity index (χ1) is 19.1. The van der Waals surface area contributed by atoms with Crippen molar-refractivity contribution in [1.82, 2.24) is 41.2 Å². The summed E-state index contributed by atoms with van der Waals surface area (Å²) in [6, 6.07) is 3.47. The number of aromatic nitrogens is 2. The van der Waals surface area contributed by atoms with Crippen LogP contribution >= 0.6 is 0 Å². The van der Waals surface area contributed by atoms with Crippen LogP contribution < -0.4 is 26.0 Å². The Labute approximate surface area is 229 Å². The van der Waals surface area contributed by atoms with Gasteiger partial charge in [-0.25, -0.2) is 4.98 Å². The number of fused-ring (bicyclic) bond motifs is 1. The number of carbonyl (C=O) groups is 2. The maximum atomic E-state index is 13.5. The number of nitrogens with one attached hydrogen (secondary N) is 6. The molecule has 1 aromatic carbocycles. The summed E-state index contributed by atoms with van der Waals surface area (Å²) in [7, 11) is 0. The number of rotatable bonds is 5. The van der Waals surface area contributed by atoms with Crippen LogP contribution in [-0.4, -0.2) is 92.4 Å². The second-order valence-corrected chi connectivity index (χ2v) is 10.9. The van der Waals surface area contributed by atoms with Gasteiger partial charge in [-0.2, -0.15) is 5.06 Å². The lowest BCUT2D eigenvalue weighted by molar-refractivity contribution is -0.131. The minimum absolute atomic E-state index is 0.0414. The van der Waals surface area contributed by atoms with Gasteiger partial charge in [0.25, 0.3) is 11.8 Å². The van der Waals surface area contributed by atoms with Crippen LogP contribution in [0.15, 0.2) is 48.9 Å². The van der Waals surface area contributed by atoms with Crippen LogP contribution in [0.1, 0.15) is 40.3 Å². The molecule has 0 aliphatic carbocycles. The number of nitrogens with zero attached hydrogens (tertiary/aromatic N) is 4. The van der Waals surface area contributed by atoms with E-state index < -0.39 is 29.7 Å². The summed E-state index contributed by atoms with van der Waals surface area (Å²) >= 11 is 0. The van der Waals surface area contributed by atoms with E-state index in [9.17, 15) is 14.8 Å². The van der Waals surface area contributed by atoms with Gasteiger partial charge in [0.1, 0.15) is 11.4 Å². The number of para-hydroxylation sites is 1. The molecule has 1 aromatic heterocycles. The number of amides is 2. The third-order valence-electron chi connectivity index (χ3n) is 8.07. The van der Waals surface area contributed by atoms with Gasteiger partial charge in [0.2, 0.25) is 5.96 Å². The van der Waals surface area contributed by atoms with Gasteiger partial charge in [0.15, 0.2) is 11.6 Å². The Morgan fingerprint density at radius 2 is 2.02 bits per heavy atom. The summed E-state index contributed by atoms with van der Waals surface area (Å²) in [5.74, 6) is -0.617. The Balaban J connectivity index is 1.25. The molecule has 5 heterocycles. The van der Waals surface area contributed by atoms with E-state index >= 15 is 0 Å². The maximum absolute atomic E-state index is 13.5. The first kappa shape index (κ1) is 25.6. The largest absolute Gasteiger partial charge is 0.492 e. The van der Waals surface area contributed by atoms with Crippen LogP contribution in [0.4, 0.5) is 0 Å². The average Bonchev–Trinajstić information content (AvgIpc) is 3.52. The van der Waals surface area contributed by atoms with Gasteiger partial charge in [-0.15, -0.1) is 0 Å². The number of hydrogen-bond donors (Lipinski definition) is 7. The zero-order valence-corrected chi connectivity index (χ0v) is 22.0. The molecule has 6 rings (SSSR count). The highest BCUT2D eigenvalue weighted by Crippen LogP contribution is 2.45. The van der Waals surface area contributed by atoms with Gasteiger partial charge in [0, 0.05) is 36.5 Å². The molecule has 7 N–H and O–H groups in total. The summed E-state index contributed by atoms with van der Waals surface area (Å²) in [6.45, 7) is 8.98. The maximum Gasteiger partial charge on any atom is 0.271 e. The fourth-order valence-electron chi connectivity index (χ4n) is 6.05. The van der Waals surface area contributed by atoms with Crippen molar-refractivity contribution in [2.75, 3.05) is 19.7 Å². The lowest BCUT2D eigenvalue weighted by Gasteiger charge is -2.50. The number of ether oxygens (including phenoxy) is 1. The zero-order valence-electron chi connectivity index (χ0n) is 22.0. The highest BCUT2D eigenvalue weighted by atomic mass is 16.5. The molecule has 2 aromatic rings. The van der Waals surface area contributed by atoms with Crippen molar-refractivity contribution in [3.05, 3.63) is 65.8 Å². The minimum atomic E-state index is -1.45. The van der Waals surface area contributed by atoms with Crippen molar-refractivity contribution >= 4 is 23.7 Å².